The van der Waals surface area contributed by atoms with Crippen LogP contribution in [0.3, 0.4) is 0 Å². The molecule has 0 spiro atoms. The van der Waals surface area contributed by atoms with Crippen LogP contribution in [0.2, 0.25) is 0 Å². The van der Waals surface area contributed by atoms with E-state index in [4.69, 9.17) is 33.2 Å². The number of carbonyl (C=O) groups is 1. The van der Waals surface area contributed by atoms with Crippen molar-refractivity contribution in [3.8, 4) is 11.5 Å². The van der Waals surface area contributed by atoms with Gasteiger partial charge in [-0.3, -0.25) is 4.79 Å². The number of aliphatic hydroxyl groups is 1. The van der Waals surface area contributed by atoms with E-state index in [1.807, 2.05) is 0 Å². The number of rotatable bonds is 10. The summed E-state index contributed by atoms with van der Waals surface area (Å²) in [5, 5.41) is 11.7. The predicted octanol–water partition coefficient (Wildman–Crippen LogP) is 1.60. The molecule has 164 valence electrons. The molecule has 0 bridgehead atoms. The van der Waals surface area contributed by atoms with Gasteiger partial charge in [-0.05, 0) is 30.5 Å². The van der Waals surface area contributed by atoms with Gasteiger partial charge in [0.1, 0.15) is 25.3 Å². The van der Waals surface area contributed by atoms with Crippen molar-refractivity contribution in [1.29, 1.82) is 0 Å². The molecular formula is C20H30O9. The fraction of sp³-hybridized carbons (Fsp3) is 0.650. The monoisotopic (exact) mass is 414 g/mol. The van der Waals surface area contributed by atoms with Gasteiger partial charge in [-0.2, -0.15) is 0 Å². The Kier molecular flexibility index (Phi) is 8.66. The van der Waals surface area contributed by atoms with Crippen molar-refractivity contribution in [2.24, 2.45) is 0 Å². The number of ether oxygens (including phenoxy) is 7. The van der Waals surface area contributed by atoms with Gasteiger partial charge in [0.25, 0.3) is 0 Å². The average Bonchev–Trinajstić information content (AvgIpc) is 2.72. The molecule has 0 unspecified atom stereocenters. The first-order valence-corrected chi connectivity index (χ1v) is 9.24. The Morgan fingerprint density at radius 1 is 1.07 bits per heavy atom. The summed E-state index contributed by atoms with van der Waals surface area (Å²) in [7, 11) is 6.03. The van der Waals surface area contributed by atoms with Crippen LogP contribution < -0.4 is 9.47 Å². The van der Waals surface area contributed by atoms with Gasteiger partial charge in [0.2, 0.25) is 0 Å². The number of hydrogen-bond donors (Lipinski definition) is 1. The first kappa shape index (κ1) is 23.4. The molecule has 0 heterocycles. The SMILES string of the molecule is COCO[C@H]1[C@H](OCOC)CC[C@](O)(c2ccc(OC)c(OC)c2)[C@H]1OC(C)=O. The number of carbonyl (C=O) groups excluding carboxylic acids is 1. The molecule has 2 rings (SSSR count). The molecule has 0 saturated heterocycles. The maximum Gasteiger partial charge on any atom is 0.303 e. The summed E-state index contributed by atoms with van der Waals surface area (Å²) >= 11 is 0. The van der Waals surface area contributed by atoms with Crippen molar-refractivity contribution in [3.05, 3.63) is 23.8 Å². The van der Waals surface area contributed by atoms with E-state index in [9.17, 15) is 9.90 Å². The van der Waals surface area contributed by atoms with Crippen molar-refractivity contribution in [2.75, 3.05) is 42.0 Å². The molecule has 1 saturated carbocycles. The summed E-state index contributed by atoms with van der Waals surface area (Å²) < 4.78 is 37.7. The van der Waals surface area contributed by atoms with E-state index in [2.05, 4.69) is 0 Å². The van der Waals surface area contributed by atoms with Crippen LogP contribution in [0.25, 0.3) is 0 Å². The molecule has 1 N–H and O–H groups in total. The summed E-state index contributed by atoms with van der Waals surface area (Å²) in [6, 6.07) is 5.07. The van der Waals surface area contributed by atoms with Crippen LogP contribution in [0.1, 0.15) is 25.3 Å². The van der Waals surface area contributed by atoms with E-state index < -0.39 is 29.9 Å². The van der Waals surface area contributed by atoms with Crippen molar-refractivity contribution in [3.63, 3.8) is 0 Å². The van der Waals surface area contributed by atoms with Gasteiger partial charge in [-0.1, -0.05) is 6.07 Å². The van der Waals surface area contributed by atoms with Crippen LogP contribution in [0.4, 0.5) is 0 Å². The second-order valence-electron chi connectivity index (χ2n) is 6.71. The summed E-state index contributed by atoms with van der Waals surface area (Å²) in [6.45, 7) is 1.26. The van der Waals surface area contributed by atoms with Crippen molar-refractivity contribution in [1.82, 2.24) is 0 Å². The molecule has 1 aliphatic rings. The van der Waals surface area contributed by atoms with Gasteiger partial charge in [-0.15, -0.1) is 0 Å². The maximum atomic E-state index is 11.9. The summed E-state index contributed by atoms with van der Waals surface area (Å²) in [5.41, 5.74) is -1.02. The largest absolute Gasteiger partial charge is 0.493 e. The van der Waals surface area contributed by atoms with Crippen LogP contribution in [0, 0.1) is 0 Å². The smallest absolute Gasteiger partial charge is 0.303 e. The third-order valence-electron chi connectivity index (χ3n) is 4.90. The Morgan fingerprint density at radius 3 is 2.31 bits per heavy atom. The fourth-order valence-electron chi connectivity index (χ4n) is 3.57. The lowest BCUT2D eigenvalue weighted by Crippen LogP contribution is -2.59. The Hall–Kier alpha value is -1.91. The lowest BCUT2D eigenvalue weighted by Gasteiger charge is -2.46. The predicted molar refractivity (Wildman–Crippen MR) is 102 cm³/mol. The second kappa shape index (κ2) is 10.7. The molecular weight excluding hydrogens is 384 g/mol. The lowest BCUT2D eigenvalue weighted by atomic mass is 9.74. The van der Waals surface area contributed by atoms with Crippen molar-refractivity contribution < 1.29 is 43.1 Å². The van der Waals surface area contributed by atoms with Gasteiger partial charge in [0.15, 0.2) is 17.6 Å². The molecule has 0 radical (unpaired) electrons. The quantitative estimate of drug-likeness (QED) is 0.452. The number of benzene rings is 1. The molecule has 0 amide bonds. The highest BCUT2D eigenvalue weighted by atomic mass is 16.7. The van der Waals surface area contributed by atoms with Gasteiger partial charge >= 0.3 is 5.97 Å². The second-order valence-corrected chi connectivity index (χ2v) is 6.71. The molecule has 0 aromatic heterocycles. The Bertz CT molecular complexity index is 665. The van der Waals surface area contributed by atoms with E-state index in [1.54, 1.807) is 18.2 Å². The number of methoxy groups -OCH3 is 4. The molecule has 1 fully saturated rings. The highest BCUT2D eigenvalue weighted by Gasteiger charge is 2.53. The van der Waals surface area contributed by atoms with Crippen LogP contribution in [-0.4, -0.2) is 71.4 Å². The van der Waals surface area contributed by atoms with E-state index >= 15 is 0 Å². The molecule has 4 atom stereocenters. The minimum absolute atomic E-state index is 0.0408. The van der Waals surface area contributed by atoms with E-state index in [0.29, 0.717) is 23.5 Å². The van der Waals surface area contributed by atoms with Gasteiger partial charge in [-0.25, -0.2) is 0 Å². The lowest BCUT2D eigenvalue weighted by molar-refractivity contribution is -0.253. The summed E-state index contributed by atoms with van der Waals surface area (Å²) in [6.07, 6.45) is -1.57. The minimum atomic E-state index is -1.53. The zero-order chi connectivity index (χ0) is 21.4. The Morgan fingerprint density at radius 2 is 1.72 bits per heavy atom. The zero-order valence-electron chi connectivity index (χ0n) is 17.5. The zero-order valence-corrected chi connectivity index (χ0v) is 17.5. The number of esters is 1. The average molecular weight is 414 g/mol. The minimum Gasteiger partial charge on any atom is -0.493 e. The molecule has 1 aliphatic carbocycles. The molecule has 1 aromatic rings. The molecule has 29 heavy (non-hydrogen) atoms. The fourth-order valence-corrected chi connectivity index (χ4v) is 3.57. The maximum absolute atomic E-state index is 11.9. The molecule has 9 nitrogen and oxygen atoms in total. The normalized spacial score (nSPS) is 26.8. The van der Waals surface area contributed by atoms with Gasteiger partial charge in [0, 0.05) is 21.1 Å². The number of hydrogen-bond acceptors (Lipinski definition) is 9. The van der Waals surface area contributed by atoms with Crippen molar-refractivity contribution >= 4 is 5.97 Å². The first-order valence-electron chi connectivity index (χ1n) is 9.24. The molecule has 9 heteroatoms. The van der Waals surface area contributed by atoms with Gasteiger partial charge in [0.05, 0.1) is 20.3 Å². The third-order valence-corrected chi connectivity index (χ3v) is 4.90. The standard InChI is InChI=1S/C20H30O9/c1-13(21)29-19-18(28-12-24-3)16(27-11-23-2)8-9-20(19,22)14-6-7-15(25-4)17(10-14)26-5/h6-7,10,16,18-19,22H,8-9,11-12H2,1-5H3/t16-,18+,19+,20+/m1/s1. The highest BCUT2D eigenvalue weighted by molar-refractivity contribution is 5.66. The van der Waals surface area contributed by atoms with E-state index in [-0.39, 0.29) is 20.0 Å². The van der Waals surface area contributed by atoms with Crippen LogP contribution in [-0.2, 0) is 34.1 Å². The van der Waals surface area contributed by atoms with Crippen molar-refractivity contribution in [2.45, 2.75) is 43.7 Å². The van der Waals surface area contributed by atoms with Crippen LogP contribution in [0.5, 0.6) is 11.5 Å². The summed E-state index contributed by atoms with van der Waals surface area (Å²) in [4.78, 5) is 11.9. The van der Waals surface area contributed by atoms with Crippen LogP contribution in [0.15, 0.2) is 18.2 Å². The first-order chi connectivity index (χ1) is 13.9. The third kappa shape index (κ3) is 5.37. The van der Waals surface area contributed by atoms with Crippen LogP contribution >= 0.6 is 0 Å². The Labute approximate surface area is 170 Å². The van der Waals surface area contributed by atoms with E-state index in [0.717, 1.165) is 0 Å². The van der Waals surface area contributed by atoms with E-state index in [1.165, 1.54) is 35.4 Å². The highest BCUT2D eigenvalue weighted by Crippen LogP contribution is 2.43. The topological polar surface area (TPSA) is 102 Å². The molecule has 1 aromatic carbocycles. The summed E-state index contributed by atoms with van der Waals surface area (Å²) in [5.74, 6) is 0.424. The Balaban J connectivity index is 2.46. The molecule has 0 aliphatic heterocycles. The van der Waals surface area contributed by atoms with Gasteiger partial charge < -0.3 is 38.3 Å².